The zero-order valence-electron chi connectivity index (χ0n) is 14.2. The Morgan fingerprint density at radius 3 is 2.91 bits per heavy atom. The molecule has 128 valence electrons. The molecule has 2 rings (SSSR count). The first-order valence-electron chi connectivity index (χ1n) is 8.03. The Balaban J connectivity index is 2.04. The van der Waals surface area contributed by atoms with Gasteiger partial charge in [-0.05, 0) is 38.5 Å². The van der Waals surface area contributed by atoms with E-state index in [0.29, 0.717) is 31.3 Å². The Labute approximate surface area is 137 Å². The lowest BCUT2D eigenvalue weighted by molar-refractivity contribution is -0.129. The number of rotatable bonds is 6. The third-order valence-electron chi connectivity index (χ3n) is 3.95. The molecule has 1 aliphatic rings. The highest BCUT2D eigenvalue weighted by Gasteiger charge is 2.29. The molecule has 1 aliphatic heterocycles. The first kappa shape index (κ1) is 17.6. The average Bonchev–Trinajstić information content (AvgIpc) is 2.55. The van der Waals surface area contributed by atoms with Crippen LogP contribution in [0.4, 0.5) is 0 Å². The Morgan fingerprint density at radius 2 is 2.26 bits per heavy atom. The number of ether oxygens (including phenoxy) is 3. The largest absolute Gasteiger partial charge is 0.493 e. The second-order valence-electron chi connectivity index (χ2n) is 5.58. The van der Waals surface area contributed by atoms with Gasteiger partial charge < -0.3 is 24.8 Å². The first-order valence-corrected chi connectivity index (χ1v) is 8.03. The molecule has 1 heterocycles. The van der Waals surface area contributed by atoms with E-state index in [1.165, 1.54) is 0 Å². The minimum absolute atomic E-state index is 0.0578. The summed E-state index contributed by atoms with van der Waals surface area (Å²) >= 11 is 0. The highest BCUT2D eigenvalue weighted by atomic mass is 16.5. The van der Waals surface area contributed by atoms with Gasteiger partial charge in [-0.1, -0.05) is 6.07 Å². The van der Waals surface area contributed by atoms with E-state index in [-0.39, 0.29) is 24.1 Å². The topological polar surface area (TPSA) is 68.8 Å². The molecule has 1 saturated heterocycles. The van der Waals surface area contributed by atoms with Gasteiger partial charge in [0.15, 0.2) is 11.5 Å². The molecule has 0 spiro atoms. The summed E-state index contributed by atoms with van der Waals surface area (Å²) in [6.07, 6.45) is -0.134. The van der Waals surface area contributed by atoms with Gasteiger partial charge in [0.2, 0.25) is 5.91 Å². The van der Waals surface area contributed by atoms with E-state index < -0.39 is 0 Å². The van der Waals surface area contributed by atoms with E-state index >= 15 is 0 Å². The third kappa shape index (κ3) is 4.36. The van der Waals surface area contributed by atoms with Gasteiger partial charge >= 0.3 is 0 Å². The summed E-state index contributed by atoms with van der Waals surface area (Å²) in [7, 11) is 1.61. The van der Waals surface area contributed by atoms with Crippen LogP contribution < -0.4 is 20.1 Å². The maximum atomic E-state index is 12.4. The molecule has 1 unspecified atom stereocenters. The van der Waals surface area contributed by atoms with Crippen molar-refractivity contribution in [2.75, 3.05) is 26.9 Å². The molecule has 3 atom stereocenters. The highest BCUT2D eigenvalue weighted by molar-refractivity contribution is 5.83. The van der Waals surface area contributed by atoms with Crippen molar-refractivity contribution in [2.24, 2.45) is 0 Å². The smallest absolute Gasteiger partial charge is 0.240 e. The van der Waals surface area contributed by atoms with Gasteiger partial charge in [-0.2, -0.15) is 0 Å². The summed E-state index contributed by atoms with van der Waals surface area (Å²) in [5.41, 5.74) is 0.961. The van der Waals surface area contributed by atoms with E-state index in [2.05, 4.69) is 10.6 Å². The molecular weight excluding hydrogens is 296 g/mol. The molecule has 0 aliphatic carbocycles. The molecule has 1 aromatic carbocycles. The van der Waals surface area contributed by atoms with Crippen molar-refractivity contribution < 1.29 is 19.0 Å². The van der Waals surface area contributed by atoms with Crippen LogP contribution in [0.25, 0.3) is 0 Å². The van der Waals surface area contributed by atoms with Crippen LogP contribution in [-0.2, 0) is 9.53 Å². The number of amides is 1. The summed E-state index contributed by atoms with van der Waals surface area (Å²) in [6, 6.07) is 5.24. The van der Waals surface area contributed by atoms with E-state index in [1.54, 1.807) is 7.11 Å². The Morgan fingerprint density at radius 1 is 1.48 bits per heavy atom. The van der Waals surface area contributed by atoms with Crippen LogP contribution in [0.5, 0.6) is 11.5 Å². The van der Waals surface area contributed by atoms with Crippen LogP contribution >= 0.6 is 0 Å². The number of hydrogen-bond donors (Lipinski definition) is 2. The van der Waals surface area contributed by atoms with Crippen LogP contribution in [0, 0.1) is 0 Å². The van der Waals surface area contributed by atoms with Crippen molar-refractivity contribution in [3.8, 4) is 11.5 Å². The standard InChI is InChI=1S/C17H26N2O4/c1-5-22-14-7-6-13(10-15(14)21-4)11(2)19-17(20)16-12(3)23-9-8-18-16/h6-7,10-12,16,18H,5,8-9H2,1-4H3,(H,19,20)/t11?,12-,16+/m1/s1. The number of nitrogens with one attached hydrogen (secondary N) is 2. The molecule has 23 heavy (non-hydrogen) atoms. The monoisotopic (exact) mass is 322 g/mol. The van der Waals surface area contributed by atoms with Crippen molar-refractivity contribution in [3.63, 3.8) is 0 Å². The summed E-state index contributed by atoms with van der Waals surface area (Å²) < 4.78 is 16.4. The zero-order chi connectivity index (χ0) is 16.8. The van der Waals surface area contributed by atoms with Gasteiger partial charge in [-0.15, -0.1) is 0 Å². The Bertz CT molecular complexity index is 535. The summed E-state index contributed by atoms with van der Waals surface area (Å²) in [6.45, 7) is 7.68. The molecule has 1 fully saturated rings. The normalized spacial score (nSPS) is 22.3. The average molecular weight is 322 g/mol. The van der Waals surface area contributed by atoms with E-state index in [1.807, 2.05) is 39.0 Å². The molecule has 0 radical (unpaired) electrons. The van der Waals surface area contributed by atoms with E-state index in [4.69, 9.17) is 14.2 Å². The van der Waals surface area contributed by atoms with Gasteiger partial charge in [0.05, 0.1) is 32.5 Å². The fourth-order valence-corrected chi connectivity index (χ4v) is 2.64. The second kappa shape index (κ2) is 8.17. The van der Waals surface area contributed by atoms with Crippen molar-refractivity contribution in [1.29, 1.82) is 0 Å². The molecular formula is C17H26N2O4. The number of hydrogen-bond acceptors (Lipinski definition) is 5. The van der Waals surface area contributed by atoms with Gasteiger partial charge in [-0.25, -0.2) is 0 Å². The zero-order valence-corrected chi connectivity index (χ0v) is 14.2. The van der Waals surface area contributed by atoms with E-state index in [9.17, 15) is 4.79 Å². The molecule has 2 N–H and O–H groups in total. The SMILES string of the molecule is CCOc1ccc(C(C)NC(=O)[C@H]2NCCO[C@@H]2C)cc1OC. The molecule has 0 bridgehead atoms. The maximum absolute atomic E-state index is 12.4. The molecule has 1 amide bonds. The molecule has 6 nitrogen and oxygen atoms in total. The highest BCUT2D eigenvalue weighted by Crippen LogP contribution is 2.30. The number of carbonyl (C=O) groups excluding carboxylic acids is 1. The van der Waals surface area contributed by atoms with Crippen molar-refractivity contribution in [3.05, 3.63) is 23.8 Å². The van der Waals surface area contributed by atoms with Crippen molar-refractivity contribution >= 4 is 5.91 Å². The molecule has 0 aromatic heterocycles. The molecule has 0 saturated carbocycles. The van der Waals surface area contributed by atoms with Gasteiger partial charge in [0, 0.05) is 6.54 Å². The number of morpholine rings is 1. The fraction of sp³-hybridized carbons (Fsp3) is 0.588. The minimum atomic E-state index is -0.323. The first-order chi connectivity index (χ1) is 11.1. The number of methoxy groups -OCH3 is 1. The quantitative estimate of drug-likeness (QED) is 0.833. The lowest BCUT2D eigenvalue weighted by atomic mass is 10.1. The van der Waals surface area contributed by atoms with Gasteiger partial charge in [-0.3, -0.25) is 4.79 Å². The van der Waals surface area contributed by atoms with Gasteiger partial charge in [0.1, 0.15) is 6.04 Å². The molecule has 6 heteroatoms. The Hall–Kier alpha value is -1.79. The van der Waals surface area contributed by atoms with Crippen molar-refractivity contribution in [2.45, 2.75) is 39.0 Å². The summed E-state index contributed by atoms with van der Waals surface area (Å²) in [5, 5.41) is 6.21. The molecule has 1 aromatic rings. The van der Waals surface area contributed by atoms with E-state index in [0.717, 1.165) is 5.56 Å². The lowest BCUT2D eigenvalue weighted by Crippen LogP contribution is -2.55. The van der Waals surface area contributed by atoms with Crippen LogP contribution in [0.1, 0.15) is 32.4 Å². The predicted molar refractivity (Wildman–Crippen MR) is 87.9 cm³/mol. The van der Waals surface area contributed by atoms with Crippen molar-refractivity contribution in [1.82, 2.24) is 10.6 Å². The van der Waals surface area contributed by atoms with Crippen LogP contribution in [0.2, 0.25) is 0 Å². The van der Waals surface area contributed by atoms with Crippen LogP contribution in [0.15, 0.2) is 18.2 Å². The number of benzene rings is 1. The van der Waals surface area contributed by atoms with Crippen LogP contribution in [-0.4, -0.2) is 44.9 Å². The fourth-order valence-electron chi connectivity index (χ4n) is 2.64. The van der Waals surface area contributed by atoms with Gasteiger partial charge in [0.25, 0.3) is 0 Å². The summed E-state index contributed by atoms with van der Waals surface area (Å²) in [4.78, 5) is 12.4. The third-order valence-corrected chi connectivity index (χ3v) is 3.95. The van der Waals surface area contributed by atoms with Crippen LogP contribution in [0.3, 0.4) is 0 Å². The minimum Gasteiger partial charge on any atom is -0.493 e. The summed E-state index contributed by atoms with van der Waals surface area (Å²) in [5.74, 6) is 1.31. The maximum Gasteiger partial charge on any atom is 0.240 e. The predicted octanol–water partition coefficient (Wildman–Crippen LogP) is 1.65. The lowest BCUT2D eigenvalue weighted by Gasteiger charge is -2.30. The Kier molecular flexibility index (Phi) is 6.24. The second-order valence-corrected chi connectivity index (χ2v) is 5.58. The number of carbonyl (C=O) groups is 1.